The average Bonchev–Trinajstić information content (AvgIpc) is 3.13. The van der Waals surface area contributed by atoms with Crippen LogP contribution < -0.4 is 10.2 Å². The Morgan fingerprint density at radius 1 is 1.15 bits per heavy atom. The number of fused-ring (bicyclic) bond motifs is 1. The van der Waals surface area contributed by atoms with Crippen molar-refractivity contribution in [1.82, 2.24) is 5.16 Å². The van der Waals surface area contributed by atoms with Crippen LogP contribution in [0.5, 0.6) is 0 Å². The van der Waals surface area contributed by atoms with Crippen molar-refractivity contribution in [1.29, 1.82) is 0 Å². The molecule has 0 radical (unpaired) electrons. The second-order valence-electron chi connectivity index (χ2n) is 6.34. The van der Waals surface area contributed by atoms with Crippen molar-refractivity contribution in [2.75, 3.05) is 17.3 Å². The van der Waals surface area contributed by atoms with Gasteiger partial charge in [-0.1, -0.05) is 16.8 Å². The van der Waals surface area contributed by atoms with E-state index >= 15 is 0 Å². The van der Waals surface area contributed by atoms with E-state index in [-0.39, 0.29) is 5.91 Å². The highest BCUT2D eigenvalue weighted by atomic mass is 35.5. The molecule has 1 aliphatic rings. The first-order valence-corrected chi connectivity index (χ1v) is 8.83. The number of carbonyl (C=O) groups excluding carboxylic acids is 1. The molecule has 26 heavy (non-hydrogen) atoms. The maximum absolute atomic E-state index is 11.8. The van der Waals surface area contributed by atoms with Crippen molar-refractivity contribution in [2.24, 2.45) is 0 Å². The maximum atomic E-state index is 11.8. The third-order valence-electron chi connectivity index (χ3n) is 4.58. The molecule has 2 heterocycles. The number of carbonyl (C=O) groups is 1. The molecule has 5 nitrogen and oxygen atoms in total. The van der Waals surface area contributed by atoms with Crippen LogP contribution in [0.2, 0.25) is 5.02 Å². The number of hydrogen-bond acceptors (Lipinski definition) is 4. The van der Waals surface area contributed by atoms with Crippen LogP contribution in [0.3, 0.4) is 0 Å². The molecule has 0 spiro atoms. The lowest BCUT2D eigenvalue weighted by atomic mass is 10.0. The van der Waals surface area contributed by atoms with Crippen LogP contribution in [-0.2, 0) is 17.8 Å². The smallest absolute Gasteiger partial charge is 0.227 e. The number of aromatic nitrogens is 1. The molecule has 0 saturated carbocycles. The van der Waals surface area contributed by atoms with E-state index in [2.05, 4.69) is 16.5 Å². The van der Waals surface area contributed by atoms with Crippen LogP contribution in [0.4, 0.5) is 11.4 Å². The van der Waals surface area contributed by atoms with Crippen molar-refractivity contribution in [3.05, 3.63) is 64.8 Å². The zero-order chi connectivity index (χ0) is 18.1. The quantitative estimate of drug-likeness (QED) is 0.736. The van der Waals surface area contributed by atoms with Gasteiger partial charge >= 0.3 is 0 Å². The summed E-state index contributed by atoms with van der Waals surface area (Å²) in [7, 11) is 1.82. The first kappa shape index (κ1) is 16.7. The lowest BCUT2D eigenvalue weighted by Gasteiger charge is -2.26. The van der Waals surface area contributed by atoms with Gasteiger partial charge in [0.15, 0.2) is 5.76 Å². The minimum atomic E-state index is 0.163. The van der Waals surface area contributed by atoms with Crippen molar-refractivity contribution in [3.63, 3.8) is 0 Å². The standard InChI is InChI=1S/C20H18ClN3O2/c1-24-18-8-7-16(10-14(18)4-9-20(24)25)22-12-17-11-19(26-23-17)13-2-5-15(21)6-3-13/h2-3,5-8,10-11,22H,4,9,12H2,1H3. The molecule has 1 aliphatic heterocycles. The Bertz CT molecular complexity index is 950. The molecule has 3 aromatic rings. The van der Waals surface area contributed by atoms with E-state index < -0.39 is 0 Å². The summed E-state index contributed by atoms with van der Waals surface area (Å²) in [4.78, 5) is 13.5. The van der Waals surface area contributed by atoms with Gasteiger partial charge in [-0.25, -0.2) is 0 Å². The summed E-state index contributed by atoms with van der Waals surface area (Å²) in [6.45, 7) is 0.560. The molecule has 132 valence electrons. The van der Waals surface area contributed by atoms with E-state index in [1.54, 1.807) is 4.90 Å². The number of amides is 1. The molecule has 0 aliphatic carbocycles. The summed E-state index contributed by atoms with van der Waals surface area (Å²) in [6.07, 6.45) is 1.33. The van der Waals surface area contributed by atoms with Crippen molar-refractivity contribution >= 4 is 28.9 Å². The number of halogens is 1. The van der Waals surface area contributed by atoms with Crippen molar-refractivity contribution in [2.45, 2.75) is 19.4 Å². The predicted octanol–water partition coefficient (Wildman–Crippen LogP) is 4.52. The normalized spacial score (nSPS) is 13.6. The molecular weight excluding hydrogens is 350 g/mol. The SMILES string of the molecule is CN1C(=O)CCc2cc(NCc3cc(-c4ccc(Cl)cc4)on3)ccc21. The second-order valence-corrected chi connectivity index (χ2v) is 6.78. The largest absolute Gasteiger partial charge is 0.379 e. The first-order valence-electron chi connectivity index (χ1n) is 8.45. The molecule has 1 aromatic heterocycles. The zero-order valence-electron chi connectivity index (χ0n) is 14.3. The van der Waals surface area contributed by atoms with Gasteiger partial charge in [0.25, 0.3) is 0 Å². The number of nitrogens with zero attached hydrogens (tertiary/aromatic N) is 2. The molecule has 6 heteroatoms. The number of aryl methyl sites for hydroxylation is 1. The van der Waals surface area contributed by atoms with Gasteiger partial charge in [-0.05, 0) is 54.4 Å². The predicted molar refractivity (Wildman–Crippen MR) is 102 cm³/mol. The molecule has 0 fully saturated rings. The van der Waals surface area contributed by atoms with E-state index in [1.165, 1.54) is 5.56 Å². The van der Waals surface area contributed by atoms with Gasteiger partial charge in [-0.2, -0.15) is 0 Å². The van der Waals surface area contributed by atoms with Gasteiger partial charge < -0.3 is 14.7 Å². The molecule has 1 amide bonds. The fourth-order valence-corrected chi connectivity index (χ4v) is 3.23. The van der Waals surface area contributed by atoms with Crippen LogP contribution in [0.1, 0.15) is 17.7 Å². The molecule has 0 saturated heterocycles. The maximum Gasteiger partial charge on any atom is 0.227 e. The third kappa shape index (κ3) is 3.30. The number of benzene rings is 2. The summed E-state index contributed by atoms with van der Waals surface area (Å²) in [6, 6.07) is 15.4. The zero-order valence-corrected chi connectivity index (χ0v) is 15.1. The van der Waals surface area contributed by atoms with E-state index in [9.17, 15) is 4.79 Å². The van der Waals surface area contributed by atoms with Gasteiger partial charge in [0.2, 0.25) is 5.91 Å². The topological polar surface area (TPSA) is 58.4 Å². The fourth-order valence-electron chi connectivity index (χ4n) is 3.10. The molecule has 0 bridgehead atoms. The molecule has 0 unspecified atom stereocenters. The fraction of sp³-hybridized carbons (Fsp3) is 0.200. The Hall–Kier alpha value is -2.79. The van der Waals surface area contributed by atoms with Crippen LogP contribution in [0.15, 0.2) is 53.1 Å². The molecule has 4 rings (SSSR count). The number of anilines is 2. The summed E-state index contributed by atoms with van der Waals surface area (Å²) in [5.41, 5.74) is 4.93. The summed E-state index contributed by atoms with van der Waals surface area (Å²) in [5, 5.41) is 8.17. The van der Waals surface area contributed by atoms with Gasteiger partial charge in [0, 0.05) is 41.5 Å². The summed E-state index contributed by atoms with van der Waals surface area (Å²) in [5.74, 6) is 0.875. The Morgan fingerprint density at radius 2 is 1.96 bits per heavy atom. The van der Waals surface area contributed by atoms with E-state index in [4.69, 9.17) is 16.1 Å². The Morgan fingerprint density at radius 3 is 2.77 bits per heavy atom. The summed E-state index contributed by atoms with van der Waals surface area (Å²) < 4.78 is 5.42. The highest BCUT2D eigenvalue weighted by Crippen LogP contribution is 2.29. The van der Waals surface area contributed by atoms with Gasteiger partial charge in [-0.15, -0.1) is 0 Å². The molecule has 2 aromatic carbocycles. The number of nitrogens with one attached hydrogen (secondary N) is 1. The van der Waals surface area contributed by atoms with E-state index in [1.807, 2.05) is 49.5 Å². The highest BCUT2D eigenvalue weighted by molar-refractivity contribution is 6.30. The van der Waals surface area contributed by atoms with Crippen LogP contribution >= 0.6 is 11.6 Å². The lowest BCUT2D eigenvalue weighted by Crippen LogP contribution is -2.31. The minimum absolute atomic E-state index is 0.163. The van der Waals surface area contributed by atoms with E-state index in [0.717, 1.165) is 29.1 Å². The van der Waals surface area contributed by atoms with Crippen molar-refractivity contribution < 1.29 is 9.32 Å². The van der Waals surface area contributed by atoms with Gasteiger partial charge in [0.1, 0.15) is 5.69 Å². The third-order valence-corrected chi connectivity index (χ3v) is 4.84. The average molecular weight is 368 g/mol. The van der Waals surface area contributed by atoms with Crippen LogP contribution in [0.25, 0.3) is 11.3 Å². The molecule has 0 atom stereocenters. The highest BCUT2D eigenvalue weighted by Gasteiger charge is 2.20. The number of hydrogen-bond donors (Lipinski definition) is 1. The van der Waals surface area contributed by atoms with E-state index in [0.29, 0.717) is 23.7 Å². The lowest BCUT2D eigenvalue weighted by molar-refractivity contribution is -0.118. The van der Waals surface area contributed by atoms with Gasteiger partial charge in [0.05, 0.1) is 6.54 Å². The molecular formula is C20H18ClN3O2. The van der Waals surface area contributed by atoms with Gasteiger partial charge in [-0.3, -0.25) is 4.79 Å². The number of rotatable bonds is 4. The van der Waals surface area contributed by atoms with Crippen LogP contribution in [-0.4, -0.2) is 18.1 Å². The minimum Gasteiger partial charge on any atom is -0.379 e. The molecule has 1 N–H and O–H groups in total. The Kier molecular flexibility index (Phi) is 4.39. The Balaban J connectivity index is 1.45. The summed E-state index contributed by atoms with van der Waals surface area (Å²) >= 11 is 5.91. The first-order chi connectivity index (χ1) is 12.6. The second kappa shape index (κ2) is 6.84. The van der Waals surface area contributed by atoms with Crippen LogP contribution in [0, 0.1) is 0 Å². The monoisotopic (exact) mass is 367 g/mol. The Labute approximate surface area is 156 Å². The van der Waals surface area contributed by atoms with Crippen molar-refractivity contribution in [3.8, 4) is 11.3 Å².